The molecule has 0 bridgehead atoms. The number of hydrogen-bond donors (Lipinski definition) is 2. The van der Waals surface area contributed by atoms with Crippen molar-refractivity contribution in [3.05, 3.63) is 77.0 Å². The van der Waals surface area contributed by atoms with E-state index in [4.69, 9.17) is 0 Å². The fourth-order valence-corrected chi connectivity index (χ4v) is 3.05. The van der Waals surface area contributed by atoms with Crippen LogP contribution in [0.15, 0.2) is 65.7 Å². The first-order valence-electron chi connectivity index (χ1n) is 8.90. The Morgan fingerprint density at radius 1 is 0.967 bits per heavy atom. The van der Waals surface area contributed by atoms with Crippen molar-refractivity contribution in [3.63, 3.8) is 0 Å². The number of nitrogens with zero attached hydrogens (tertiary/aromatic N) is 6. The second-order valence-corrected chi connectivity index (χ2v) is 7.36. The van der Waals surface area contributed by atoms with Crippen molar-refractivity contribution in [2.75, 3.05) is 10.6 Å². The third-order valence-corrected chi connectivity index (χ3v) is 4.50. The van der Waals surface area contributed by atoms with Gasteiger partial charge in [-0.3, -0.25) is 19.0 Å². The molecule has 0 aliphatic carbocycles. The lowest BCUT2D eigenvalue weighted by Crippen LogP contribution is -2.16. The topological polar surface area (TPSA) is 112 Å². The van der Waals surface area contributed by atoms with E-state index in [1.54, 1.807) is 76.1 Å². The third-order valence-electron chi connectivity index (χ3n) is 4.09. The number of carbonyl (C=O) groups excluding carboxylic acids is 2. The molecule has 10 nitrogen and oxygen atoms in total. The molecule has 0 spiro atoms. The van der Waals surface area contributed by atoms with Gasteiger partial charge in [-0.05, 0) is 46.3 Å². The number of aromatic nitrogens is 6. The Kier molecular flexibility index (Phi) is 5.44. The first-order chi connectivity index (χ1) is 14.5. The summed E-state index contributed by atoms with van der Waals surface area (Å²) in [6, 6.07) is 10.1. The van der Waals surface area contributed by atoms with E-state index in [0.29, 0.717) is 23.7 Å². The summed E-state index contributed by atoms with van der Waals surface area (Å²) in [4.78, 5) is 24.8. The molecule has 0 aliphatic rings. The van der Waals surface area contributed by atoms with Crippen molar-refractivity contribution >= 4 is 39.1 Å². The van der Waals surface area contributed by atoms with Crippen LogP contribution in [-0.4, -0.2) is 41.2 Å². The number of halogens is 1. The lowest BCUT2D eigenvalue weighted by Gasteiger charge is -2.07. The van der Waals surface area contributed by atoms with Crippen molar-refractivity contribution in [3.8, 4) is 0 Å². The summed E-state index contributed by atoms with van der Waals surface area (Å²) in [7, 11) is 1.74. The summed E-state index contributed by atoms with van der Waals surface area (Å²) in [5.41, 5.74) is 1.65. The number of benzene rings is 1. The van der Waals surface area contributed by atoms with E-state index >= 15 is 0 Å². The van der Waals surface area contributed by atoms with Gasteiger partial charge in [-0.2, -0.15) is 15.3 Å². The van der Waals surface area contributed by atoms with Crippen LogP contribution in [0.4, 0.5) is 11.4 Å². The smallest absolute Gasteiger partial charge is 0.276 e. The molecule has 4 aromatic rings. The summed E-state index contributed by atoms with van der Waals surface area (Å²) < 4.78 is 5.71. The molecule has 2 amide bonds. The lowest BCUT2D eigenvalue weighted by molar-refractivity contribution is 0.101. The maximum Gasteiger partial charge on any atom is 0.276 e. The number of aryl methyl sites for hydroxylation is 1. The van der Waals surface area contributed by atoms with Gasteiger partial charge in [0, 0.05) is 37.0 Å². The molecule has 0 atom stereocenters. The number of anilines is 2. The molecular weight excluding hydrogens is 452 g/mol. The lowest BCUT2D eigenvalue weighted by atomic mass is 10.2. The van der Waals surface area contributed by atoms with Gasteiger partial charge >= 0.3 is 0 Å². The molecule has 152 valence electrons. The fourth-order valence-electron chi connectivity index (χ4n) is 2.73. The molecule has 2 N–H and O–H groups in total. The monoisotopic (exact) mass is 468 g/mol. The predicted molar refractivity (Wildman–Crippen MR) is 113 cm³/mol. The zero-order valence-electron chi connectivity index (χ0n) is 15.9. The Bertz CT molecular complexity index is 1210. The first kappa shape index (κ1) is 19.6. The van der Waals surface area contributed by atoms with E-state index in [0.717, 1.165) is 4.47 Å². The zero-order valence-corrected chi connectivity index (χ0v) is 17.4. The highest BCUT2D eigenvalue weighted by Gasteiger charge is 2.12. The molecule has 0 fully saturated rings. The van der Waals surface area contributed by atoms with Gasteiger partial charge < -0.3 is 10.6 Å². The van der Waals surface area contributed by atoms with Crippen LogP contribution in [0, 0.1) is 0 Å². The minimum absolute atomic E-state index is 0.268. The van der Waals surface area contributed by atoms with E-state index in [-0.39, 0.29) is 17.5 Å². The normalized spacial score (nSPS) is 10.7. The summed E-state index contributed by atoms with van der Waals surface area (Å²) in [5, 5.41) is 18.0. The van der Waals surface area contributed by atoms with E-state index in [2.05, 4.69) is 41.9 Å². The van der Waals surface area contributed by atoms with E-state index in [9.17, 15) is 9.59 Å². The highest BCUT2D eigenvalue weighted by atomic mass is 79.9. The average molecular weight is 469 g/mol. The number of carbonyl (C=O) groups is 2. The van der Waals surface area contributed by atoms with Crippen LogP contribution < -0.4 is 10.6 Å². The molecule has 0 radical (unpaired) electrons. The molecule has 0 aliphatic heterocycles. The predicted octanol–water partition coefficient (Wildman–Crippen LogP) is 2.59. The summed E-state index contributed by atoms with van der Waals surface area (Å²) >= 11 is 3.34. The maximum absolute atomic E-state index is 12.5. The molecule has 0 saturated heterocycles. The standard InChI is InChI=1S/C19H17BrN8O2/c1-26-7-5-16(24-26)18(29)22-14-3-2-4-15(9-14)23-19(30)17-6-8-27(25-17)12-28-11-13(20)10-21-28/h2-11H,12H2,1H3,(H,22,29)(H,23,30). The van der Waals surface area contributed by atoms with Crippen LogP contribution in [-0.2, 0) is 13.7 Å². The summed E-state index contributed by atoms with van der Waals surface area (Å²) in [6.45, 7) is 0.383. The van der Waals surface area contributed by atoms with Gasteiger partial charge in [0.05, 0.1) is 10.7 Å². The SMILES string of the molecule is Cn1ccc(C(=O)Nc2cccc(NC(=O)c3ccn(Cn4cc(Br)cn4)n3)c2)n1. The van der Waals surface area contributed by atoms with Crippen molar-refractivity contribution in [1.82, 2.24) is 29.3 Å². The van der Waals surface area contributed by atoms with Gasteiger partial charge in [0.15, 0.2) is 11.4 Å². The molecule has 30 heavy (non-hydrogen) atoms. The second-order valence-electron chi connectivity index (χ2n) is 6.44. The van der Waals surface area contributed by atoms with Crippen LogP contribution in [0.3, 0.4) is 0 Å². The van der Waals surface area contributed by atoms with E-state index < -0.39 is 0 Å². The van der Waals surface area contributed by atoms with Crippen LogP contribution in [0.5, 0.6) is 0 Å². The fraction of sp³-hybridized carbons (Fsp3) is 0.105. The van der Waals surface area contributed by atoms with Crippen molar-refractivity contribution in [2.24, 2.45) is 7.05 Å². The molecule has 0 unspecified atom stereocenters. The van der Waals surface area contributed by atoms with E-state index in [1.807, 2.05) is 6.20 Å². The number of hydrogen-bond acceptors (Lipinski definition) is 5. The highest BCUT2D eigenvalue weighted by Crippen LogP contribution is 2.17. The molecule has 0 saturated carbocycles. The van der Waals surface area contributed by atoms with Crippen molar-refractivity contribution < 1.29 is 9.59 Å². The molecular formula is C19H17BrN8O2. The second kappa shape index (κ2) is 8.33. The minimum atomic E-state index is -0.358. The van der Waals surface area contributed by atoms with Gasteiger partial charge in [-0.25, -0.2) is 4.68 Å². The van der Waals surface area contributed by atoms with Gasteiger partial charge in [0.2, 0.25) is 0 Å². The highest BCUT2D eigenvalue weighted by molar-refractivity contribution is 9.10. The summed E-state index contributed by atoms with van der Waals surface area (Å²) in [5.74, 6) is -0.688. The van der Waals surface area contributed by atoms with Crippen molar-refractivity contribution in [2.45, 2.75) is 6.67 Å². The third kappa shape index (κ3) is 4.63. The first-order valence-corrected chi connectivity index (χ1v) is 9.69. The molecule has 1 aromatic carbocycles. The number of amides is 2. The number of nitrogens with one attached hydrogen (secondary N) is 2. The summed E-state index contributed by atoms with van der Waals surface area (Å²) in [6.07, 6.45) is 6.88. The van der Waals surface area contributed by atoms with Crippen LogP contribution in [0.2, 0.25) is 0 Å². The Morgan fingerprint density at radius 3 is 2.23 bits per heavy atom. The quantitative estimate of drug-likeness (QED) is 0.451. The largest absolute Gasteiger partial charge is 0.321 e. The maximum atomic E-state index is 12.5. The van der Waals surface area contributed by atoms with Crippen molar-refractivity contribution in [1.29, 1.82) is 0 Å². The van der Waals surface area contributed by atoms with Gasteiger partial charge in [-0.15, -0.1) is 0 Å². The molecule has 3 heterocycles. The molecule has 3 aromatic heterocycles. The van der Waals surface area contributed by atoms with E-state index in [1.165, 1.54) is 0 Å². The van der Waals surface area contributed by atoms with Crippen LogP contribution >= 0.6 is 15.9 Å². The molecule has 11 heteroatoms. The Morgan fingerprint density at radius 2 is 1.63 bits per heavy atom. The minimum Gasteiger partial charge on any atom is -0.321 e. The van der Waals surface area contributed by atoms with Gasteiger partial charge in [0.25, 0.3) is 11.8 Å². The average Bonchev–Trinajstić information content (AvgIpc) is 3.44. The zero-order chi connectivity index (χ0) is 21.1. The van der Waals surface area contributed by atoms with Crippen LogP contribution in [0.1, 0.15) is 21.0 Å². The van der Waals surface area contributed by atoms with Crippen LogP contribution in [0.25, 0.3) is 0 Å². The van der Waals surface area contributed by atoms with Gasteiger partial charge in [0.1, 0.15) is 6.67 Å². The Hall–Kier alpha value is -3.73. The van der Waals surface area contributed by atoms with Gasteiger partial charge in [-0.1, -0.05) is 6.07 Å². The Labute approximate surface area is 179 Å². The Balaban J connectivity index is 1.40. The number of rotatable bonds is 6. The molecule has 4 rings (SSSR count).